The van der Waals surface area contributed by atoms with E-state index in [1.54, 1.807) is 31.6 Å². The second-order valence-corrected chi connectivity index (χ2v) is 5.19. The van der Waals surface area contributed by atoms with Gasteiger partial charge in [-0.3, -0.25) is 14.6 Å². The minimum atomic E-state index is -0.224. The van der Waals surface area contributed by atoms with Crippen LogP contribution < -0.4 is 5.32 Å². The molecule has 22 heavy (non-hydrogen) atoms. The number of nitrogens with zero attached hydrogens (tertiary/aromatic N) is 2. The molecule has 0 aliphatic heterocycles. The summed E-state index contributed by atoms with van der Waals surface area (Å²) in [5.74, 6) is -0.433. The molecule has 0 radical (unpaired) electrons. The van der Waals surface area contributed by atoms with Gasteiger partial charge in [0.1, 0.15) is 0 Å². The average molecular weight is 297 g/mol. The molecule has 0 saturated heterocycles. The normalized spacial score (nSPS) is 10.1. The SMILES string of the molecule is Cc1cccc(NC(=O)CN(C)C(=O)c2ccncc2)c1C. The minimum Gasteiger partial charge on any atom is -0.332 e. The van der Waals surface area contributed by atoms with Crippen molar-refractivity contribution in [2.75, 3.05) is 18.9 Å². The van der Waals surface area contributed by atoms with Crippen molar-refractivity contribution < 1.29 is 9.59 Å². The number of aromatic nitrogens is 1. The molecule has 1 heterocycles. The number of carbonyl (C=O) groups is 2. The molecule has 1 aromatic carbocycles. The smallest absolute Gasteiger partial charge is 0.254 e. The van der Waals surface area contributed by atoms with Crippen LogP contribution in [0.2, 0.25) is 0 Å². The van der Waals surface area contributed by atoms with Crippen molar-refractivity contribution in [2.24, 2.45) is 0 Å². The van der Waals surface area contributed by atoms with E-state index in [2.05, 4.69) is 10.3 Å². The number of amides is 2. The Labute approximate surface area is 130 Å². The number of likely N-dealkylation sites (N-methyl/N-ethyl adjacent to an activating group) is 1. The van der Waals surface area contributed by atoms with E-state index >= 15 is 0 Å². The van der Waals surface area contributed by atoms with Crippen LogP contribution in [-0.2, 0) is 4.79 Å². The molecule has 1 aromatic heterocycles. The topological polar surface area (TPSA) is 62.3 Å². The molecule has 1 N–H and O–H groups in total. The lowest BCUT2D eigenvalue weighted by atomic mass is 10.1. The zero-order valence-electron chi connectivity index (χ0n) is 13.0. The lowest BCUT2D eigenvalue weighted by Crippen LogP contribution is -2.35. The van der Waals surface area contributed by atoms with Crippen LogP contribution in [-0.4, -0.2) is 35.3 Å². The van der Waals surface area contributed by atoms with Gasteiger partial charge >= 0.3 is 0 Å². The Morgan fingerprint density at radius 2 is 1.82 bits per heavy atom. The van der Waals surface area contributed by atoms with Crippen LogP contribution in [0.15, 0.2) is 42.7 Å². The fraction of sp³-hybridized carbons (Fsp3) is 0.235. The highest BCUT2D eigenvalue weighted by atomic mass is 16.2. The van der Waals surface area contributed by atoms with E-state index in [1.807, 2.05) is 32.0 Å². The maximum absolute atomic E-state index is 12.2. The second kappa shape index (κ2) is 6.85. The summed E-state index contributed by atoms with van der Waals surface area (Å²) in [5.41, 5.74) is 3.42. The van der Waals surface area contributed by atoms with Crippen molar-refractivity contribution in [1.82, 2.24) is 9.88 Å². The molecule has 2 aromatic rings. The van der Waals surface area contributed by atoms with E-state index in [-0.39, 0.29) is 18.4 Å². The molecule has 114 valence electrons. The number of hydrogen-bond acceptors (Lipinski definition) is 3. The Hall–Kier alpha value is -2.69. The molecule has 0 saturated carbocycles. The van der Waals surface area contributed by atoms with Crippen LogP contribution in [0.25, 0.3) is 0 Å². The first-order valence-corrected chi connectivity index (χ1v) is 7.00. The maximum atomic E-state index is 12.2. The van der Waals surface area contributed by atoms with Gasteiger partial charge in [-0.05, 0) is 43.2 Å². The number of carbonyl (C=O) groups excluding carboxylic acids is 2. The molecule has 2 amide bonds. The van der Waals surface area contributed by atoms with Crippen LogP contribution in [0.4, 0.5) is 5.69 Å². The van der Waals surface area contributed by atoms with Gasteiger partial charge in [-0.15, -0.1) is 0 Å². The highest BCUT2D eigenvalue weighted by Crippen LogP contribution is 2.17. The Balaban J connectivity index is 2.00. The van der Waals surface area contributed by atoms with Gasteiger partial charge in [-0.25, -0.2) is 0 Å². The first-order valence-electron chi connectivity index (χ1n) is 7.00. The highest BCUT2D eigenvalue weighted by Gasteiger charge is 2.15. The van der Waals surface area contributed by atoms with Gasteiger partial charge < -0.3 is 10.2 Å². The first kappa shape index (κ1) is 15.7. The number of anilines is 1. The summed E-state index contributed by atoms with van der Waals surface area (Å²) in [6, 6.07) is 8.99. The molecule has 5 heteroatoms. The summed E-state index contributed by atoms with van der Waals surface area (Å²) in [6.45, 7) is 3.94. The van der Waals surface area contributed by atoms with Crippen molar-refractivity contribution >= 4 is 17.5 Å². The number of nitrogens with one attached hydrogen (secondary N) is 1. The monoisotopic (exact) mass is 297 g/mol. The van der Waals surface area contributed by atoms with Crippen LogP contribution >= 0.6 is 0 Å². The molecular formula is C17H19N3O2. The van der Waals surface area contributed by atoms with Crippen LogP contribution in [0.1, 0.15) is 21.5 Å². The third kappa shape index (κ3) is 3.69. The van der Waals surface area contributed by atoms with Gasteiger partial charge in [0, 0.05) is 30.7 Å². The number of aryl methyl sites for hydroxylation is 1. The third-order valence-electron chi connectivity index (χ3n) is 3.53. The van der Waals surface area contributed by atoms with Crippen molar-refractivity contribution in [3.05, 3.63) is 59.4 Å². The van der Waals surface area contributed by atoms with Gasteiger partial charge in [0.25, 0.3) is 5.91 Å². The Morgan fingerprint density at radius 3 is 2.50 bits per heavy atom. The summed E-state index contributed by atoms with van der Waals surface area (Å²) < 4.78 is 0. The molecule has 2 rings (SSSR count). The second-order valence-electron chi connectivity index (χ2n) is 5.19. The zero-order chi connectivity index (χ0) is 16.1. The van der Waals surface area contributed by atoms with Gasteiger partial charge in [0.05, 0.1) is 6.54 Å². The van der Waals surface area contributed by atoms with E-state index in [1.165, 1.54) is 4.90 Å². The summed E-state index contributed by atoms with van der Waals surface area (Å²) in [7, 11) is 1.60. The van der Waals surface area contributed by atoms with E-state index < -0.39 is 0 Å². The van der Waals surface area contributed by atoms with Crippen LogP contribution in [0.3, 0.4) is 0 Å². The minimum absolute atomic E-state index is 0.00542. The zero-order valence-corrected chi connectivity index (χ0v) is 13.0. The van der Waals surface area contributed by atoms with Crippen molar-refractivity contribution in [3.63, 3.8) is 0 Å². The molecule has 0 unspecified atom stereocenters. The van der Waals surface area contributed by atoms with Gasteiger partial charge in [-0.1, -0.05) is 12.1 Å². The Morgan fingerprint density at radius 1 is 1.14 bits per heavy atom. The standard InChI is InChI=1S/C17H19N3O2/c1-12-5-4-6-15(13(12)2)19-16(21)11-20(3)17(22)14-7-9-18-10-8-14/h4-10H,11H2,1-3H3,(H,19,21). The lowest BCUT2D eigenvalue weighted by Gasteiger charge is -2.17. The highest BCUT2D eigenvalue weighted by molar-refractivity contribution is 5.99. The number of benzene rings is 1. The fourth-order valence-electron chi connectivity index (χ4n) is 2.08. The molecular weight excluding hydrogens is 278 g/mol. The summed E-state index contributed by atoms with van der Waals surface area (Å²) >= 11 is 0. The first-order chi connectivity index (χ1) is 10.5. The molecule has 0 spiro atoms. The van der Waals surface area contributed by atoms with Crippen molar-refractivity contribution in [2.45, 2.75) is 13.8 Å². The number of rotatable bonds is 4. The van der Waals surface area contributed by atoms with Crippen LogP contribution in [0.5, 0.6) is 0 Å². The van der Waals surface area contributed by atoms with Crippen molar-refractivity contribution in [1.29, 1.82) is 0 Å². The Bertz CT molecular complexity index is 684. The fourth-order valence-corrected chi connectivity index (χ4v) is 2.08. The summed E-state index contributed by atoms with van der Waals surface area (Å²) in [6.07, 6.45) is 3.11. The van der Waals surface area contributed by atoms with Gasteiger partial charge in [0.15, 0.2) is 0 Å². The predicted molar refractivity (Wildman–Crippen MR) is 85.7 cm³/mol. The van der Waals surface area contributed by atoms with E-state index in [0.29, 0.717) is 5.56 Å². The largest absolute Gasteiger partial charge is 0.332 e. The lowest BCUT2D eigenvalue weighted by molar-refractivity contribution is -0.116. The third-order valence-corrected chi connectivity index (χ3v) is 3.53. The predicted octanol–water partition coefficient (Wildman–Crippen LogP) is 2.41. The van der Waals surface area contributed by atoms with Gasteiger partial charge in [-0.2, -0.15) is 0 Å². The molecule has 0 fully saturated rings. The summed E-state index contributed by atoms with van der Waals surface area (Å²) in [4.78, 5) is 29.5. The maximum Gasteiger partial charge on any atom is 0.254 e. The van der Waals surface area contributed by atoms with Crippen LogP contribution in [0, 0.1) is 13.8 Å². The number of pyridine rings is 1. The van der Waals surface area contributed by atoms with Crippen molar-refractivity contribution in [3.8, 4) is 0 Å². The van der Waals surface area contributed by atoms with E-state index in [4.69, 9.17) is 0 Å². The summed E-state index contributed by atoms with van der Waals surface area (Å²) in [5, 5.41) is 2.84. The van der Waals surface area contributed by atoms with E-state index in [0.717, 1.165) is 16.8 Å². The molecule has 0 aliphatic carbocycles. The number of hydrogen-bond donors (Lipinski definition) is 1. The molecule has 0 aliphatic rings. The Kier molecular flexibility index (Phi) is 4.88. The molecule has 0 atom stereocenters. The molecule has 5 nitrogen and oxygen atoms in total. The molecule has 0 bridgehead atoms. The quantitative estimate of drug-likeness (QED) is 0.942. The van der Waals surface area contributed by atoms with E-state index in [9.17, 15) is 9.59 Å². The average Bonchev–Trinajstić information content (AvgIpc) is 2.52. The van der Waals surface area contributed by atoms with Gasteiger partial charge in [0.2, 0.25) is 5.91 Å².